The molecule has 2 aliphatic heterocycles. The van der Waals surface area contributed by atoms with Crippen molar-refractivity contribution in [3.8, 4) is 0 Å². The Morgan fingerprint density at radius 1 is 1.13 bits per heavy atom. The van der Waals surface area contributed by atoms with Crippen LogP contribution in [-0.4, -0.2) is 48.0 Å². The topological polar surface area (TPSA) is 32.8 Å². The summed E-state index contributed by atoms with van der Waals surface area (Å²) < 4.78 is 5.77. The molecule has 3 aliphatic rings. The van der Waals surface area contributed by atoms with Crippen molar-refractivity contribution < 1.29 is 9.53 Å². The first-order valence-electron chi connectivity index (χ1n) is 9.01. The molecule has 0 spiro atoms. The molecule has 23 heavy (non-hydrogen) atoms. The van der Waals surface area contributed by atoms with E-state index in [4.69, 9.17) is 4.74 Å². The van der Waals surface area contributed by atoms with Gasteiger partial charge < -0.3 is 9.64 Å². The molecule has 126 valence electrons. The van der Waals surface area contributed by atoms with Crippen molar-refractivity contribution >= 4 is 17.2 Å². The highest BCUT2D eigenvalue weighted by Crippen LogP contribution is 2.34. The van der Waals surface area contributed by atoms with E-state index in [-0.39, 0.29) is 0 Å². The number of ether oxygens (including phenoxy) is 1. The maximum Gasteiger partial charge on any atom is 0.237 e. The molecule has 5 heteroatoms. The fourth-order valence-electron chi connectivity index (χ4n) is 4.15. The first-order valence-corrected chi connectivity index (χ1v) is 9.83. The standard InChI is InChI=1S/C18H26N2O2S/c21-18-13-19(9-10-20(18)14-4-1-2-5-14)12-15-7-8-17(23-15)16-6-3-11-22-16/h7-8,14,16H,1-6,9-13H2/t16-/m0/s1. The predicted molar refractivity (Wildman–Crippen MR) is 91.5 cm³/mol. The van der Waals surface area contributed by atoms with Crippen LogP contribution in [0.5, 0.6) is 0 Å². The average Bonchev–Trinajstić information content (AvgIpc) is 3.30. The van der Waals surface area contributed by atoms with Gasteiger partial charge in [0.05, 0.1) is 12.6 Å². The summed E-state index contributed by atoms with van der Waals surface area (Å²) in [5.41, 5.74) is 0. The number of amides is 1. The van der Waals surface area contributed by atoms with Crippen LogP contribution in [0.15, 0.2) is 12.1 Å². The van der Waals surface area contributed by atoms with Crippen LogP contribution in [0.2, 0.25) is 0 Å². The molecular weight excluding hydrogens is 308 g/mol. The monoisotopic (exact) mass is 334 g/mol. The van der Waals surface area contributed by atoms with Crippen LogP contribution >= 0.6 is 11.3 Å². The Morgan fingerprint density at radius 3 is 2.74 bits per heavy atom. The second-order valence-corrected chi connectivity index (χ2v) is 8.24. The number of piperazine rings is 1. The highest BCUT2D eigenvalue weighted by molar-refractivity contribution is 7.12. The van der Waals surface area contributed by atoms with Crippen LogP contribution in [0.25, 0.3) is 0 Å². The zero-order chi connectivity index (χ0) is 15.6. The van der Waals surface area contributed by atoms with Gasteiger partial charge in [-0.1, -0.05) is 12.8 Å². The van der Waals surface area contributed by atoms with E-state index < -0.39 is 0 Å². The molecule has 0 bridgehead atoms. The molecule has 1 aliphatic carbocycles. The predicted octanol–water partition coefficient (Wildman–Crippen LogP) is 3.19. The van der Waals surface area contributed by atoms with Crippen LogP contribution in [0.4, 0.5) is 0 Å². The summed E-state index contributed by atoms with van der Waals surface area (Å²) in [6.07, 6.45) is 7.64. The minimum absolute atomic E-state index is 0.314. The number of carbonyl (C=O) groups is 1. The molecule has 0 unspecified atom stereocenters. The largest absolute Gasteiger partial charge is 0.373 e. The van der Waals surface area contributed by atoms with Crippen molar-refractivity contribution in [1.29, 1.82) is 0 Å². The molecule has 0 radical (unpaired) electrons. The lowest BCUT2D eigenvalue weighted by atomic mass is 10.1. The van der Waals surface area contributed by atoms with E-state index in [0.29, 0.717) is 24.6 Å². The van der Waals surface area contributed by atoms with E-state index >= 15 is 0 Å². The van der Waals surface area contributed by atoms with E-state index in [1.165, 1.54) is 41.9 Å². The minimum Gasteiger partial charge on any atom is -0.373 e. The van der Waals surface area contributed by atoms with Crippen molar-refractivity contribution in [2.75, 3.05) is 26.2 Å². The lowest BCUT2D eigenvalue weighted by molar-refractivity contribution is -0.138. The van der Waals surface area contributed by atoms with Crippen LogP contribution in [0.3, 0.4) is 0 Å². The van der Waals surface area contributed by atoms with Gasteiger partial charge in [0, 0.05) is 42.0 Å². The van der Waals surface area contributed by atoms with Gasteiger partial charge in [-0.25, -0.2) is 0 Å². The maximum absolute atomic E-state index is 12.5. The van der Waals surface area contributed by atoms with E-state index in [0.717, 1.165) is 32.7 Å². The molecule has 3 fully saturated rings. The van der Waals surface area contributed by atoms with Crippen LogP contribution in [-0.2, 0) is 16.1 Å². The van der Waals surface area contributed by atoms with E-state index in [2.05, 4.69) is 21.9 Å². The molecule has 0 N–H and O–H groups in total. The van der Waals surface area contributed by atoms with Crippen LogP contribution in [0.1, 0.15) is 54.4 Å². The average molecular weight is 334 g/mol. The molecule has 1 aromatic heterocycles. The van der Waals surface area contributed by atoms with E-state index in [9.17, 15) is 4.79 Å². The van der Waals surface area contributed by atoms with Gasteiger partial charge in [0.25, 0.3) is 0 Å². The van der Waals surface area contributed by atoms with Crippen LogP contribution < -0.4 is 0 Å². The summed E-state index contributed by atoms with van der Waals surface area (Å²) in [5, 5.41) is 0. The zero-order valence-electron chi connectivity index (χ0n) is 13.7. The summed E-state index contributed by atoms with van der Waals surface area (Å²) in [7, 11) is 0. The van der Waals surface area contributed by atoms with Gasteiger partial charge in [-0.15, -0.1) is 11.3 Å². The quantitative estimate of drug-likeness (QED) is 0.848. The third kappa shape index (κ3) is 3.47. The molecule has 0 aromatic carbocycles. The van der Waals surface area contributed by atoms with Gasteiger partial charge in [0.1, 0.15) is 0 Å². The number of hydrogen-bond donors (Lipinski definition) is 0. The molecular formula is C18H26N2O2S. The smallest absolute Gasteiger partial charge is 0.237 e. The Labute approximate surface area is 142 Å². The van der Waals surface area contributed by atoms with Gasteiger partial charge in [0.2, 0.25) is 5.91 Å². The Hall–Kier alpha value is -0.910. The summed E-state index contributed by atoms with van der Waals surface area (Å²) >= 11 is 1.86. The molecule has 1 amide bonds. The van der Waals surface area contributed by atoms with Crippen molar-refractivity contribution in [1.82, 2.24) is 9.80 Å². The fraction of sp³-hybridized carbons (Fsp3) is 0.722. The molecule has 1 aromatic rings. The molecule has 3 heterocycles. The van der Waals surface area contributed by atoms with Gasteiger partial charge in [-0.3, -0.25) is 9.69 Å². The first kappa shape index (κ1) is 15.6. The Kier molecular flexibility index (Phi) is 4.69. The van der Waals surface area contributed by atoms with Crippen molar-refractivity contribution in [3.05, 3.63) is 21.9 Å². The number of nitrogens with zero attached hydrogens (tertiary/aromatic N) is 2. The minimum atomic E-state index is 0.314. The molecule has 4 rings (SSSR count). The second kappa shape index (κ2) is 6.91. The van der Waals surface area contributed by atoms with Crippen molar-refractivity contribution in [3.63, 3.8) is 0 Å². The number of thiophene rings is 1. The Bertz CT molecular complexity index is 547. The summed E-state index contributed by atoms with van der Waals surface area (Å²) in [6, 6.07) is 4.96. The highest BCUT2D eigenvalue weighted by atomic mass is 32.1. The molecule has 1 saturated carbocycles. The lowest BCUT2D eigenvalue weighted by Gasteiger charge is -2.37. The number of rotatable bonds is 4. The molecule has 2 saturated heterocycles. The van der Waals surface area contributed by atoms with Crippen molar-refractivity contribution in [2.45, 2.75) is 57.2 Å². The van der Waals surface area contributed by atoms with E-state index in [1.807, 2.05) is 11.3 Å². The van der Waals surface area contributed by atoms with E-state index in [1.54, 1.807) is 0 Å². The first-order chi connectivity index (χ1) is 11.3. The lowest BCUT2D eigenvalue weighted by Crippen LogP contribution is -2.53. The zero-order valence-corrected chi connectivity index (χ0v) is 14.5. The molecule has 4 nitrogen and oxygen atoms in total. The highest BCUT2D eigenvalue weighted by Gasteiger charge is 2.31. The SMILES string of the molecule is O=C1CN(Cc2ccc([C@@H]3CCCO3)s2)CCN1C1CCCC1. The number of hydrogen-bond acceptors (Lipinski definition) is 4. The summed E-state index contributed by atoms with van der Waals surface area (Å²) in [5.74, 6) is 0.332. The van der Waals surface area contributed by atoms with Crippen molar-refractivity contribution in [2.24, 2.45) is 0 Å². The Morgan fingerprint density at radius 2 is 2.00 bits per heavy atom. The van der Waals surface area contributed by atoms with Gasteiger partial charge in [-0.05, 0) is 37.8 Å². The fourth-order valence-corrected chi connectivity index (χ4v) is 5.29. The molecule has 1 atom stereocenters. The number of carbonyl (C=O) groups excluding carboxylic acids is 1. The summed E-state index contributed by atoms with van der Waals surface area (Å²) in [4.78, 5) is 19.6. The van der Waals surface area contributed by atoms with Crippen LogP contribution in [0, 0.1) is 0 Å². The van der Waals surface area contributed by atoms with Gasteiger partial charge in [-0.2, -0.15) is 0 Å². The maximum atomic E-state index is 12.5. The van der Waals surface area contributed by atoms with Gasteiger partial charge in [0.15, 0.2) is 0 Å². The normalized spacial score (nSPS) is 27.2. The van der Waals surface area contributed by atoms with Gasteiger partial charge >= 0.3 is 0 Å². The second-order valence-electron chi connectivity index (χ2n) is 7.04. The summed E-state index contributed by atoms with van der Waals surface area (Å²) in [6.45, 7) is 4.31. The third-order valence-corrected chi connectivity index (χ3v) is 6.57. The third-order valence-electron chi connectivity index (χ3n) is 5.41. The Balaban J connectivity index is 1.32.